The lowest BCUT2D eigenvalue weighted by Crippen LogP contribution is -2.29. The fraction of sp³-hybridized carbons (Fsp3) is 0.667. The van der Waals surface area contributed by atoms with Gasteiger partial charge in [-0.3, -0.25) is 0 Å². The molecular weight excluding hydrogens is 246 g/mol. The van der Waals surface area contributed by atoms with Crippen molar-refractivity contribution in [3.8, 4) is 5.75 Å². The first-order valence-electron chi connectivity index (χ1n) is 7.73. The van der Waals surface area contributed by atoms with Crippen LogP contribution in [0.1, 0.15) is 59.1 Å². The summed E-state index contributed by atoms with van der Waals surface area (Å²) in [6, 6.07) is 7.29. The fourth-order valence-electron chi connectivity index (χ4n) is 2.76. The van der Waals surface area contributed by atoms with Crippen molar-refractivity contribution in [1.82, 2.24) is 5.32 Å². The zero-order chi connectivity index (χ0) is 15.0. The average molecular weight is 275 g/mol. The molecule has 1 aromatic rings. The first-order valence-corrected chi connectivity index (χ1v) is 7.73. The van der Waals surface area contributed by atoms with Crippen LogP contribution in [0, 0.1) is 0 Å². The maximum Gasteiger partial charge on any atom is 0.123 e. The Hall–Kier alpha value is -1.02. The molecule has 0 atom stereocenters. The number of nitrogens with one attached hydrogen (secondary N) is 1. The highest BCUT2D eigenvalue weighted by Crippen LogP contribution is 2.41. The third-order valence-electron chi connectivity index (χ3n) is 4.38. The van der Waals surface area contributed by atoms with E-state index in [0.717, 1.165) is 25.3 Å². The van der Waals surface area contributed by atoms with Crippen molar-refractivity contribution >= 4 is 0 Å². The molecule has 0 unspecified atom stereocenters. The van der Waals surface area contributed by atoms with Crippen molar-refractivity contribution in [2.75, 3.05) is 13.2 Å². The molecule has 0 amide bonds. The minimum absolute atomic E-state index is 0.137. The second kappa shape index (κ2) is 5.40. The lowest BCUT2D eigenvalue weighted by molar-refractivity contribution is 0.291. The summed E-state index contributed by atoms with van der Waals surface area (Å²) in [7, 11) is 0. The Balaban J connectivity index is 2.16. The number of rotatable bonds is 5. The molecule has 0 fully saturated rings. The van der Waals surface area contributed by atoms with Gasteiger partial charge in [-0.15, -0.1) is 0 Å². The molecule has 0 aliphatic carbocycles. The van der Waals surface area contributed by atoms with Gasteiger partial charge in [-0.1, -0.05) is 53.7 Å². The van der Waals surface area contributed by atoms with Crippen LogP contribution in [0.15, 0.2) is 18.2 Å². The van der Waals surface area contributed by atoms with Crippen molar-refractivity contribution < 1.29 is 4.74 Å². The van der Waals surface area contributed by atoms with Crippen LogP contribution in [0.5, 0.6) is 5.75 Å². The summed E-state index contributed by atoms with van der Waals surface area (Å²) in [4.78, 5) is 0. The summed E-state index contributed by atoms with van der Waals surface area (Å²) in [5, 5.41) is 3.52. The van der Waals surface area contributed by atoms with E-state index in [9.17, 15) is 0 Å². The molecule has 1 aliphatic heterocycles. The standard InChI is InChI=1S/C18H29NO/c1-13(2)19-10-9-17(3,4)14-7-8-16-15(11-14)18(5,6)12-20-16/h7-8,11,13,19H,9-10,12H2,1-6H3. The van der Waals surface area contributed by atoms with E-state index in [1.54, 1.807) is 0 Å². The third kappa shape index (κ3) is 3.17. The van der Waals surface area contributed by atoms with Crippen molar-refractivity contribution in [1.29, 1.82) is 0 Å². The second-order valence-electron chi connectivity index (χ2n) is 7.63. The Bertz CT molecular complexity index is 474. The minimum atomic E-state index is 0.137. The molecule has 0 saturated heterocycles. The van der Waals surface area contributed by atoms with Gasteiger partial charge in [0.2, 0.25) is 0 Å². The predicted octanol–water partition coefficient (Wildman–Crippen LogP) is 4.02. The maximum atomic E-state index is 5.78. The fourth-order valence-corrected chi connectivity index (χ4v) is 2.76. The van der Waals surface area contributed by atoms with Crippen LogP contribution in [0.25, 0.3) is 0 Å². The summed E-state index contributed by atoms with van der Waals surface area (Å²) in [5.41, 5.74) is 3.10. The summed E-state index contributed by atoms with van der Waals surface area (Å²) < 4.78 is 5.78. The van der Waals surface area contributed by atoms with Crippen LogP contribution in [0.2, 0.25) is 0 Å². The van der Waals surface area contributed by atoms with Crippen LogP contribution in [0.4, 0.5) is 0 Å². The van der Waals surface area contributed by atoms with Crippen LogP contribution in [-0.4, -0.2) is 19.2 Å². The Morgan fingerprint density at radius 3 is 2.65 bits per heavy atom. The van der Waals surface area contributed by atoms with E-state index in [2.05, 4.69) is 65.1 Å². The minimum Gasteiger partial charge on any atom is -0.492 e. The van der Waals surface area contributed by atoms with Gasteiger partial charge in [0.1, 0.15) is 5.75 Å². The van der Waals surface area contributed by atoms with Gasteiger partial charge in [-0.2, -0.15) is 0 Å². The van der Waals surface area contributed by atoms with Gasteiger partial charge >= 0.3 is 0 Å². The van der Waals surface area contributed by atoms with Gasteiger partial charge in [0.25, 0.3) is 0 Å². The molecule has 0 bridgehead atoms. The van der Waals surface area contributed by atoms with Crippen molar-refractivity contribution in [2.24, 2.45) is 0 Å². The summed E-state index contributed by atoms with van der Waals surface area (Å²) in [6.45, 7) is 15.4. The van der Waals surface area contributed by atoms with Gasteiger partial charge in [-0.05, 0) is 30.0 Å². The van der Waals surface area contributed by atoms with Crippen molar-refractivity contribution in [3.63, 3.8) is 0 Å². The largest absolute Gasteiger partial charge is 0.492 e. The van der Waals surface area contributed by atoms with Crippen molar-refractivity contribution in [2.45, 2.75) is 64.8 Å². The lowest BCUT2D eigenvalue weighted by Gasteiger charge is -2.27. The van der Waals surface area contributed by atoms with Crippen LogP contribution in [-0.2, 0) is 10.8 Å². The average Bonchev–Trinajstić information content (AvgIpc) is 2.64. The molecule has 1 aliphatic rings. The molecule has 1 aromatic carbocycles. The highest BCUT2D eigenvalue weighted by molar-refractivity contribution is 5.46. The van der Waals surface area contributed by atoms with Crippen LogP contribution < -0.4 is 10.1 Å². The summed E-state index contributed by atoms with van der Waals surface area (Å²) in [5.74, 6) is 1.06. The van der Waals surface area contributed by atoms with E-state index >= 15 is 0 Å². The Morgan fingerprint density at radius 1 is 1.30 bits per heavy atom. The SMILES string of the molecule is CC(C)NCCC(C)(C)c1ccc2c(c1)C(C)(C)CO2. The lowest BCUT2D eigenvalue weighted by atomic mass is 9.78. The van der Waals surface area contributed by atoms with Gasteiger partial charge in [-0.25, -0.2) is 0 Å². The highest BCUT2D eigenvalue weighted by atomic mass is 16.5. The normalized spacial score (nSPS) is 17.1. The number of hydrogen-bond donors (Lipinski definition) is 1. The third-order valence-corrected chi connectivity index (χ3v) is 4.38. The number of hydrogen-bond acceptors (Lipinski definition) is 2. The van der Waals surface area contributed by atoms with Gasteiger partial charge in [0.15, 0.2) is 0 Å². The summed E-state index contributed by atoms with van der Waals surface area (Å²) >= 11 is 0. The topological polar surface area (TPSA) is 21.3 Å². The van der Waals surface area contributed by atoms with E-state index in [4.69, 9.17) is 4.74 Å². The monoisotopic (exact) mass is 275 g/mol. The second-order valence-corrected chi connectivity index (χ2v) is 7.63. The molecule has 1 heterocycles. The molecule has 2 heteroatoms. The zero-order valence-electron chi connectivity index (χ0n) is 13.8. The molecule has 1 N–H and O–H groups in total. The Morgan fingerprint density at radius 2 is 2.00 bits per heavy atom. The number of benzene rings is 1. The summed E-state index contributed by atoms with van der Waals surface area (Å²) in [6.07, 6.45) is 1.14. The number of fused-ring (bicyclic) bond motifs is 1. The van der Waals surface area contributed by atoms with Gasteiger partial charge < -0.3 is 10.1 Å². The van der Waals surface area contributed by atoms with Gasteiger partial charge in [0, 0.05) is 17.0 Å². The van der Waals surface area contributed by atoms with E-state index in [1.165, 1.54) is 11.1 Å². The molecule has 20 heavy (non-hydrogen) atoms. The predicted molar refractivity (Wildman–Crippen MR) is 85.7 cm³/mol. The number of ether oxygens (including phenoxy) is 1. The molecule has 0 radical (unpaired) electrons. The van der Waals surface area contributed by atoms with Crippen molar-refractivity contribution in [3.05, 3.63) is 29.3 Å². The molecular formula is C18H29NO. The van der Waals surface area contributed by atoms with Crippen LogP contribution >= 0.6 is 0 Å². The van der Waals surface area contributed by atoms with E-state index in [-0.39, 0.29) is 10.8 Å². The molecule has 2 nitrogen and oxygen atoms in total. The Labute approximate surface area is 123 Å². The quantitative estimate of drug-likeness (QED) is 0.876. The molecule has 0 saturated carbocycles. The first kappa shape index (κ1) is 15.4. The molecule has 0 spiro atoms. The Kier molecular flexibility index (Phi) is 4.15. The highest BCUT2D eigenvalue weighted by Gasteiger charge is 2.33. The van der Waals surface area contributed by atoms with E-state index in [0.29, 0.717) is 6.04 Å². The molecule has 0 aromatic heterocycles. The van der Waals surface area contributed by atoms with Gasteiger partial charge in [0.05, 0.1) is 6.61 Å². The van der Waals surface area contributed by atoms with Crippen LogP contribution in [0.3, 0.4) is 0 Å². The zero-order valence-corrected chi connectivity index (χ0v) is 13.8. The smallest absolute Gasteiger partial charge is 0.123 e. The molecule has 112 valence electrons. The van der Waals surface area contributed by atoms with E-state index in [1.807, 2.05) is 0 Å². The molecule has 2 rings (SSSR count). The van der Waals surface area contributed by atoms with E-state index < -0.39 is 0 Å². The maximum absolute atomic E-state index is 5.78. The first-order chi connectivity index (χ1) is 9.22.